The molecule has 0 spiro atoms. The van der Waals surface area contributed by atoms with Gasteiger partial charge in [-0.3, -0.25) is 4.90 Å². The Labute approximate surface area is 146 Å². The van der Waals surface area contributed by atoms with Gasteiger partial charge in [0, 0.05) is 37.1 Å². The Morgan fingerprint density at radius 1 is 0.840 bits per heavy atom. The van der Waals surface area contributed by atoms with Crippen LogP contribution in [0.3, 0.4) is 0 Å². The Morgan fingerprint density at radius 2 is 1.60 bits per heavy atom. The SMILES string of the molecule is Fc1cccc(F)c1C1c2cccn2CCCN1Cc1ccccc1. The number of fused-ring (bicyclic) bond motifs is 1. The van der Waals surface area contributed by atoms with Crippen LogP contribution < -0.4 is 0 Å². The summed E-state index contributed by atoms with van der Waals surface area (Å²) in [7, 11) is 0. The fourth-order valence-electron chi connectivity index (χ4n) is 3.73. The second-order valence-electron chi connectivity index (χ2n) is 6.47. The molecule has 2 nitrogen and oxygen atoms in total. The average molecular weight is 338 g/mol. The zero-order chi connectivity index (χ0) is 17.2. The summed E-state index contributed by atoms with van der Waals surface area (Å²) in [5, 5.41) is 0. The minimum absolute atomic E-state index is 0.139. The number of nitrogens with zero attached hydrogens (tertiary/aromatic N) is 2. The molecule has 1 atom stereocenters. The summed E-state index contributed by atoms with van der Waals surface area (Å²) in [5.74, 6) is -0.976. The lowest BCUT2D eigenvalue weighted by Crippen LogP contribution is -2.30. The molecule has 1 unspecified atom stereocenters. The van der Waals surface area contributed by atoms with Crippen LogP contribution in [0.25, 0.3) is 0 Å². The predicted molar refractivity (Wildman–Crippen MR) is 94.1 cm³/mol. The lowest BCUT2D eigenvalue weighted by atomic mass is 9.99. The van der Waals surface area contributed by atoms with Gasteiger partial charge in [0.05, 0.1) is 6.04 Å². The first-order valence-corrected chi connectivity index (χ1v) is 8.61. The summed E-state index contributed by atoms with van der Waals surface area (Å²) < 4.78 is 31.3. The summed E-state index contributed by atoms with van der Waals surface area (Å²) in [5.41, 5.74) is 2.22. The molecule has 0 amide bonds. The molecule has 2 heterocycles. The van der Waals surface area contributed by atoms with Crippen LogP contribution in [0.5, 0.6) is 0 Å². The Morgan fingerprint density at radius 3 is 2.36 bits per heavy atom. The van der Waals surface area contributed by atoms with E-state index in [2.05, 4.69) is 21.6 Å². The minimum Gasteiger partial charge on any atom is -0.350 e. The first-order valence-electron chi connectivity index (χ1n) is 8.61. The highest BCUT2D eigenvalue weighted by molar-refractivity contribution is 5.32. The summed E-state index contributed by atoms with van der Waals surface area (Å²) in [4.78, 5) is 2.18. The Kier molecular flexibility index (Phi) is 4.36. The number of hydrogen-bond donors (Lipinski definition) is 0. The van der Waals surface area contributed by atoms with Crippen LogP contribution in [-0.4, -0.2) is 16.0 Å². The molecule has 0 saturated carbocycles. The molecule has 0 aliphatic carbocycles. The number of aromatic nitrogens is 1. The van der Waals surface area contributed by atoms with Crippen molar-refractivity contribution in [3.8, 4) is 0 Å². The monoisotopic (exact) mass is 338 g/mol. The van der Waals surface area contributed by atoms with E-state index in [1.807, 2.05) is 36.5 Å². The van der Waals surface area contributed by atoms with Crippen molar-refractivity contribution in [1.29, 1.82) is 0 Å². The Bertz CT molecular complexity index is 837. The van der Waals surface area contributed by atoms with Crippen molar-refractivity contribution in [2.45, 2.75) is 25.6 Å². The molecule has 25 heavy (non-hydrogen) atoms. The summed E-state index contributed by atoms with van der Waals surface area (Å²) in [6.45, 7) is 2.31. The molecule has 0 radical (unpaired) electrons. The highest BCUT2D eigenvalue weighted by atomic mass is 19.1. The molecule has 1 aliphatic heterocycles. The van der Waals surface area contributed by atoms with Gasteiger partial charge in [0.25, 0.3) is 0 Å². The maximum atomic E-state index is 14.6. The predicted octanol–water partition coefficient (Wildman–Crippen LogP) is 4.76. The van der Waals surface area contributed by atoms with E-state index < -0.39 is 17.7 Å². The second-order valence-corrected chi connectivity index (χ2v) is 6.47. The molecular formula is C21H20F2N2. The van der Waals surface area contributed by atoms with Crippen LogP contribution in [0.1, 0.15) is 29.3 Å². The normalized spacial score (nSPS) is 17.9. The largest absolute Gasteiger partial charge is 0.350 e. The Balaban J connectivity index is 1.81. The fraction of sp³-hybridized carbons (Fsp3) is 0.238. The quantitative estimate of drug-likeness (QED) is 0.668. The van der Waals surface area contributed by atoms with Gasteiger partial charge in [-0.1, -0.05) is 36.4 Å². The summed E-state index contributed by atoms with van der Waals surface area (Å²) >= 11 is 0. The minimum atomic E-state index is -0.488. The van der Waals surface area contributed by atoms with Gasteiger partial charge in [-0.05, 0) is 36.2 Å². The molecule has 0 fully saturated rings. The van der Waals surface area contributed by atoms with Crippen molar-refractivity contribution in [3.63, 3.8) is 0 Å². The first kappa shape index (κ1) is 16.0. The van der Waals surface area contributed by atoms with E-state index in [4.69, 9.17) is 0 Å². The van der Waals surface area contributed by atoms with Gasteiger partial charge in [-0.2, -0.15) is 0 Å². The summed E-state index contributed by atoms with van der Waals surface area (Å²) in [6, 6.07) is 17.7. The zero-order valence-electron chi connectivity index (χ0n) is 13.9. The molecule has 0 bridgehead atoms. The van der Waals surface area contributed by atoms with E-state index in [9.17, 15) is 8.78 Å². The lowest BCUT2D eigenvalue weighted by molar-refractivity contribution is 0.212. The number of aryl methyl sites for hydroxylation is 1. The van der Waals surface area contributed by atoms with E-state index in [-0.39, 0.29) is 5.56 Å². The molecule has 2 aromatic carbocycles. The number of rotatable bonds is 3. The third-order valence-electron chi connectivity index (χ3n) is 4.86. The standard InChI is InChI=1S/C21H20F2N2/c22-17-9-4-10-18(23)20(17)21-19-11-5-12-24(19)13-6-14-25(21)15-16-7-2-1-3-8-16/h1-5,7-12,21H,6,13-15H2. The average Bonchev–Trinajstić information content (AvgIpc) is 3.00. The van der Waals surface area contributed by atoms with Crippen LogP contribution in [0.2, 0.25) is 0 Å². The first-order chi connectivity index (χ1) is 12.2. The van der Waals surface area contributed by atoms with Gasteiger partial charge >= 0.3 is 0 Å². The van der Waals surface area contributed by atoms with Crippen LogP contribution in [0, 0.1) is 11.6 Å². The zero-order valence-corrected chi connectivity index (χ0v) is 13.9. The molecule has 4 rings (SSSR count). The molecule has 128 valence electrons. The molecule has 3 aromatic rings. The fourth-order valence-corrected chi connectivity index (χ4v) is 3.73. The van der Waals surface area contributed by atoms with Gasteiger partial charge < -0.3 is 4.57 Å². The van der Waals surface area contributed by atoms with Crippen LogP contribution in [0.4, 0.5) is 8.78 Å². The molecule has 1 aromatic heterocycles. The topological polar surface area (TPSA) is 8.17 Å². The Hall–Kier alpha value is -2.46. The highest BCUT2D eigenvalue weighted by Crippen LogP contribution is 2.35. The highest BCUT2D eigenvalue weighted by Gasteiger charge is 2.31. The van der Waals surface area contributed by atoms with Crippen molar-refractivity contribution in [2.24, 2.45) is 0 Å². The third-order valence-corrected chi connectivity index (χ3v) is 4.86. The maximum absolute atomic E-state index is 14.6. The molecule has 1 aliphatic rings. The van der Waals surface area contributed by atoms with Gasteiger partial charge in [0.15, 0.2) is 0 Å². The van der Waals surface area contributed by atoms with Crippen LogP contribution >= 0.6 is 0 Å². The number of halogens is 2. The van der Waals surface area contributed by atoms with E-state index in [1.165, 1.54) is 18.2 Å². The van der Waals surface area contributed by atoms with E-state index in [0.717, 1.165) is 30.8 Å². The van der Waals surface area contributed by atoms with Crippen LogP contribution in [0.15, 0.2) is 66.9 Å². The van der Waals surface area contributed by atoms with Crippen molar-refractivity contribution in [1.82, 2.24) is 9.47 Å². The number of benzene rings is 2. The third kappa shape index (κ3) is 3.10. The maximum Gasteiger partial charge on any atom is 0.131 e. The van der Waals surface area contributed by atoms with Crippen molar-refractivity contribution >= 4 is 0 Å². The smallest absolute Gasteiger partial charge is 0.131 e. The van der Waals surface area contributed by atoms with E-state index in [0.29, 0.717) is 6.54 Å². The van der Waals surface area contributed by atoms with Gasteiger partial charge in [0.1, 0.15) is 11.6 Å². The molecule has 4 heteroatoms. The molecular weight excluding hydrogens is 318 g/mol. The second kappa shape index (κ2) is 6.81. The van der Waals surface area contributed by atoms with Gasteiger partial charge in [0.2, 0.25) is 0 Å². The number of hydrogen-bond acceptors (Lipinski definition) is 1. The van der Waals surface area contributed by atoms with Crippen LogP contribution in [-0.2, 0) is 13.1 Å². The van der Waals surface area contributed by atoms with Crippen molar-refractivity contribution < 1.29 is 8.78 Å². The van der Waals surface area contributed by atoms with E-state index in [1.54, 1.807) is 0 Å². The molecule has 0 saturated heterocycles. The van der Waals surface area contributed by atoms with Gasteiger partial charge in [-0.15, -0.1) is 0 Å². The lowest BCUT2D eigenvalue weighted by Gasteiger charge is -2.31. The van der Waals surface area contributed by atoms with E-state index >= 15 is 0 Å². The van der Waals surface area contributed by atoms with Gasteiger partial charge in [-0.25, -0.2) is 8.78 Å². The van der Waals surface area contributed by atoms with Crippen molar-refractivity contribution in [2.75, 3.05) is 6.54 Å². The summed E-state index contributed by atoms with van der Waals surface area (Å²) in [6.07, 6.45) is 2.94. The molecule has 0 N–H and O–H groups in total. The van der Waals surface area contributed by atoms with Crippen molar-refractivity contribution in [3.05, 3.63) is 95.3 Å².